The molecule has 2 aliphatic rings. The fourth-order valence-corrected chi connectivity index (χ4v) is 4.00. The Kier molecular flexibility index (Phi) is 6.27. The van der Waals surface area contributed by atoms with Gasteiger partial charge in [-0.1, -0.05) is 30.3 Å². The van der Waals surface area contributed by atoms with Gasteiger partial charge >= 0.3 is 0 Å². The van der Waals surface area contributed by atoms with E-state index in [2.05, 4.69) is 17.3 Å². The average Bonchev–Trinajstić information content (AvgIpc) is 2.99. The SMILES string of the molecule is COCCN1C(=O)C[C@@H](C(=O)NC2CCN(C)CC2)[C@@H]1c1ccccc1. The van der Waals surface area contributed by atoms with Crippen molar-refractivity contribution in [1.29, 1.82) is 0 Å². The minimum absolute atomic E-state index is 0.00155. The molecule has 0 aliphatic carbocycles. The first kappa shape index (κ1) is 18.9. The maximum absolute atomic E-state index is 13.0. The van der Waals surface area contributed by atoms with Crippen molar-refractivity contribution in [3.8, 4) is 0 Å². The highest BCUT2D eigenvalue weighted by Gasteiger charge is 2.44. The van der Waals surface area contributed by atoms with Crippen molar-refractivity contribution < 1.29 is 14.3 Å². The number of nitrogens with one attached hydrogen (secondary N) is 1. The number of methoxy groups -OCH3 is 1. The molecule has 2 saturated heterocycles. The Morgan fingerprint density at radius 3 is 2.58 bits per heavy atom. The van der Waals surface area contributed by atoms with Gasteiger partial charge in [0.25, 0.3) is 0 Å². The molecule has 0 unspecified atom stereocenters. The van der Waals surface area contributed by atoms with Crippen LogP contribution >= 0.6 is 0 Å². The summed E-state index contributed by atoms with van der Waals surface area (Å²) in [5.74, 6) is -0.317. The summed E-state index contributed by atoms with van der Waals surface area (Å²) in [6.07, 6.45) is 2.19. The van der Waals surface area contributed by atoms with Crippen LogP contribution in [-0.4, -0.2) is 68.1 Å². The fourth-order valence-electron chi connectivity index (χ4n) is 4.00. The molecule has 2 aliphatic heterocycles. The van der Waals surface area contributed by atoms with E-state index in [1.54, 1.807) is 12.0 Å². The Morgan fingerprint density at radius 2 is 1.92 bits per heavy atom. The minimum Gasteiger partial charge on any atom is -0.383 e. The molecule has 1 N–H and O–H groups in total. The highest BCUT2D eigenvalue weighted by molar-refractivity contribution is 5.90. The van der Waals surface area contributed by atoms with E-state index in [0.29, 0.717) is 13.2 Å². The first-order chi connectivity index (χ1) is 12.6. The maximum Gasteiger partial charge on any atom is 0.226 e. The number of benzene rings is 1. The third-order valence-electron chi connectivity index (χ3n) is 5.51. The van der Waals surface area contributed by atoms with Crippen LogP contribution in [0.3, 0.4) is 0 Å². The van der Waals surface area contributed by atoms with Crippen LogP contribution in [-0.2, 0) is 14.3 Å². The molecule has 1 aromatic carbocycles. The molecule has 2 atom stereocenters. The number of carbonyl (C=O) groups is 2. The Hall–Kier alpha value is -1.92. The molecule has 6 heteroatoms. The summed E-state index contributed by atoms with van der Waals surface area (Å²) >= 11 is 0. The van der Waals surface area contributed by atoms with Crippen molar-refractivity contribution in [2.24, 2.45) is 5.92 Å². The van der Waals surface area contributed by atoms with E-state index in [4.69, 9.17) is 4.74 Å². The summed E-state index contributed by atoms with van der Waals surface area (Å²) < 4.78 is 5.16. The Balaban J connectivity index is 1.75. The van der Waals surface area contributed by atoms with Gasteiger partial charge < -0.3 is 19.9 Å². The Morgan fingerprint density at radius 1 is 1.23 bits per heavy atom. The van der Waals surface area contributed by atoms with Gasteiger partial charge in [-0.2, -0.15) is 0 Å². The number of hydrogen-bond donors (Lipinski definition) is 1. The number of hydrogen-bond acceptors (Lipinski definition) is 4. The van der Waals surface area contributed by atoms with Gasteiger partial charge in [0.1, 0.15) is 0 Å². The molecule has 6 nitrogen and oxygen atoms in total. The molecule has 0 saturated carbocycles. The first-order valence-electron chi connectivity index (χ1n) is 9.42. The third kappa shape index (κ3) is 4.24. The van der Waals surface area contributed by atoms with Gasteiger partial charge in [0, 0.05) is 26.1 Å². The van der Waals surface area contributed by atoms with Gasteiger partial charge in [0.2, 0.25) is 11.8 Å². The van der Waals surface area contributed by atoms with E-state index >= 15 is 0 Å². The topological polar surface area (TPSA) is 61.9 Å². The van der Waals surface area contributed by atoms with Gasteiger partial charge in [-0.05, 0) is 38.5 Å². The molecule has 0 bridgehead atoms. The molecule has 1 aromatic rings. The van der Waals surface area contributed by atoms with Crippen molar-refractivity contribution in [2.75, 3.05) is 40.4 Å². The average molecular weight is 359 g/mol. The number of nitrogens with zero attached hydrogens (tertiary/aromatic N) is 2. The van der Waals surface area contributed by atoms with Crippen molar-refractivity contribution in [3.63, 3.8) is 0 Å². The third-order valence-corrected chi connectivity index (χ3v) is 5.51. The van der Waals surface area contributed by atoms with Gasteiger partial charge in [-0.25, -0.2) is 0 Å². The van der Waals surface area contributed by atoms with Crippen LogP contribution in [0.5, 0.6) is 0 Å². The van der Waals surface area contributed by atoms with Crippen LogP contribution in [0.25, 0.3) is 0 Å². The number of ether oxygens (including phenoxy) is 1. The first-order valence-corrected chi connectivity index (χ1v) is 9.42. The van der Waals surface area contributed by atoms with E-state index in [1.165, 1.54) is 0 Å². The summed E-state index contributed by atoms with van der Waals surface area (Å²) in [6, 6.07) is 9.85. The van der Waals surface area contributed by atoms with E-state index in [9.17, 15) is 9.59 Å². The minimum atomic E-state index is -0.346. The number of amides is 2. The van der Waals surface area contributed by atoms with Crippen molar-refractivity contribution >= 4 is 11.8 Å². The van der Waals surface area contributed by atoms with Crippen molar-refractivity contribution in [1.82, 2.24) is 15.1 Å². The van der Waals surface area contributed by atoms with E-state index in [1.807, 2.05) is 30.3 Å². The predicted molar refractivity (Wildman–Crippen MR) is 99.5 cm³/mol. The lowest BCUT2D eigenvalue weighted by molar-refractivity contribution is -0.129. The maximum atomic E-state index is 13.0. The zero-order valence-electron chi connectivity index (χ0n) is 15.7. The number of rotatable bonds is 6. The van der Waals surface area contributed by atoms with Crippen molar-refractivity contribution in [3.05, 3.63) is 35.9 Å². The zero-order chi connectivity index (χ0) is 18.5. The van der Waals surface area contributed by atoms with E-state index in [-0.39, 0.29) is 36.2 Å². The van der Waals surface area contributed by atoms with Gasteiger partial charge in [0.15, 0.2) is 0 Å². The van der Waals surface area contributed by atoms with Crippen LogP contribution in [0.1, 0.15) is 30.9 Å². The summed E-state index contributed by atoms with van der Waals surface area (Å²) in [4.78, 5) is 29.7. The monoisotopic (exact) mass is 359 g/mol. The Labute approximate surface area is 155 Å². The number of carbonyl (C=O) groups excluding carboxylic acids is 2. The van der Waals surface area contributed by atoms with Gasteiger partial charge in [-0.3, -0.25) is 9.59 Å². The summed E-state index contributed by atoms with van der Waals surface area (Å²) in [6.45, 7) is 2.97. The zero-order valence-corrected chi connectivity index (χ0v) is 15.7. The summed E-state index contributed by atoms with van der Waals surface area (Å²) in [5, 5.41) is 3.20. The fraction of sp³-hybridized carbons (Fsp3) is 0.600. The second-order valence-corrected chi connectivity index (χ2v) is 7.33. The molecular weight excluding hydrogens is 330 g/mol. The molecule has 0 spiro atoms. The smallest absolute Gasteiger partial charge is 0.226 e. The van der Waals surface area contributed by atoms with Crippen LogP contribution in [0, 0.1) is 5.92 Å². The lowest BCUT2D eigenvalue weighted by Gasteiger charge is -2.32. The second-order valence-electron chi connectivity index (χ2n) is 7.33. The lowest BCUT2D eigenvalue weighted by Crippen LogP contribution is -2.46. The molecule has 2 heterocycles. The largest absolute Gasteiger partial charge is 0.383 e. The molecular formula is C20H29N3O3. The summed E-state index contributed by atoms with van der Waals surface area (Å²) in [5.41, 5.74) is 1.01. The van der Waals surface area contributed by atoms with Crippen molar-refractivity contribution in [2.45, 2.75) is 31.3 Å². The molecule has 3 rings (SSSR count). The lowest BCUT2D eigenvalue weighted by atomic mass is 9.92. The number of likely N-dealkylation sites (tertiary alicyclic amines) is 2. The molecule has 142 valence electrons. The van der Waals surface area contributed by atoms with Crippen LogP contribution in [0.4, 0.5) is 0 Å². The van der Waals surface area contributed by atoms with E-state index < -0.39 is 0 Å². The highest BCUT2D eigenvalue weighted by atomic mass is 16.5. The Bertz CT molecular complexity index is 614. The van der Waals surface area contributed by atoms with E-state index in [0.717, 1.165) is 31.5 Å². The highest BCUT2D eigenvalue weighted by Crippen LogP contribution is 2.38. The van der Waals surface area contributed by atoms with Gasteiger partial charge in [-0.15, -0.1) is 0 Å². The molecule has 2 fully saturated rings. The standard InChI is InChI=1S/C20H29N3O3/c1-22-10-8-16(9-11-22)21-20(25)17-14-18(24)23(12-13-26-2)19(17)15-6-4-3-5-7-15/h3-7,16-17,19H,8-14H2,1-2H3,(H,21,25)/t17-,19+/m1/s1. The predicted octanol–water partition coefficient (Wildman–Crippen LogP) is 1.43. The second kappa shape index (κ2) is 8.64. The molecule has 0 radical (unpaired) electrons. The number of piperidine rings is 1. The molecule has 26 heavy (non-hydrogen) atoms. The molecule has 0 aromatic heterocycles. The quantitative estimate of drug-likeness (QED) is 0.835. The normalized spacial score (nSPS) is 24.8. The molecule has 2 amide bonds. The summed E-state index contributed by atoms with van der Waals surface area (Å²) in [7, 11) is 3.73. The van der Waals surface area contributed by atoms with Crippen LogP contribution in [0.2, 0.25) is 0 Å². The van der Waals surface area contributed by atoms with Gasteiger partial charge in [0.05, 0.1) is 18.6 Å². The van der Waals surface area contributed by atoms with Crippen LogP contribution < -0.4 is 5.32 Å². The van der Waals surface area contributed by atoms with Crippen LogP contribution in [0.15, 0.2) is 30.3 Å².